The number of carbonyl (C=O) groups is 2. The summed E-state index contributed by atoms with van der Waals surface area (Å²) in [4.78, 5) is 30.4. The standard InChI is InChI=1S/C27H30Cl2N2O6/c1-5-37-26(33)23-20(14-36-15-27(3,34)13-17-9-6-7-12-30-17)31-16(2)21(25(32)35-4)22(23)18-10-8-11-19(28)24(18)29/h6-12,22,31,34H,5,13-15H2,1-4H3. The minimum Gasteiger partial charge on any atom is -0.466 e. The number of nitrogens with one attached hydrogen (secondary N) is 1. The molecule has 2 atom stereocenters. The molecule has 8 nitrogen and oxygen atoms in total. The summed E-state index contributed by atoms with van der Waals surface area (Å²) >= 11 is 12.8. The van der Waals surface area contributed by atoms with Gasteiger partial charge in [0.1, 0.15) is 0 Å². The van der Waals surface area contributed by atoms with Crippen molar-refractivity contribution in [3.63, 3.8) is 0 Å². The molecule has 1 aliphatic heterocycles. The SMILES string of the molecule is CCOC(=O)C1=C(COCC(C)(O)Cc2ccccn2)NC(C)=C(C(=O)OC)C1c1cccc(Cl)c1Cl. The topological polar surface area (TPSA) is 107 Å². The van der Waals surface area contributed by atoms with Crippen LogP contribution in [-0.2, 0) is 30.2 Å². The van der Waals surface area contributed by atoms with Crippen LogP contribution in [0.25, 0.3) is 0 Å². The van der Waals surface area contributed by atoms with Gasteiger partial charge in [0.25, 0.3) is 0 Å². The van der Waals surface area contributed by atoms with Crippen LogP contribution in [0.5, 0.6) is 0 Å². The van der Waals surface area contributed by atoms with Crippen LogP contribution >= 0.6 is 23.2 Å². The first-order valence-corrected chi connectivity index (χ1v) is 12.5. The molecule has 0 saturated heterocycles. The average molecular weight is 549 g/mol. The normalized spacial score (nSPS) is 17.2. The fraction of sp³-hybridized carbons (Fsp3) is 0.370. The van der Waals surface area contributed by atoms with Crippen LogP contribution in [0, 0.1) is 0 Å². The molecule has 2 aromatic rings. The van der Waals surface area contributed by atoms with Gasteiger partial charge < -0.3 is 24.6 Å². The van der Waals surface area contributed by atoms with E-state index in [0.717, 1.165) is 5.69 Å². The monoisotopic (exact) mass is 548 g/mol. The van der Waals surface area contributed by atoms with Gasteiger partial charge in [-0.3, -0.25) is 4.98 Å². The Kier molecular flexibility index (Phi) is 9.73. The number of rotatable bonds is 10. The minimum absolute atomic E-state index is 0.0416. The molecule has 0 spiro atoms. The number of benzene rings is 1. The van der Waals surface area contributed by atoms with Crippen molar-refractivity contribution in [2.24, 2.45) is 0 Å². The van der Waals surface area contributed by atoms with E-state index in [1.165, 1.54) is 7.11 Å². The fourth-order valence-electron chi connectivity index (χ4n) is 4.21. The average Bonchev–Trinajstić information content (AvgIpc) is 2.85. The Bertz CT molecular complexity index is 1210. The number of halogens is 2. The van der Waals surface area contributed by atoms with Gasteiger partial charge in [-0.25, -0.2) is 9.59 Å². The molecule has 0 amide bonds. The number of hydrogen-bond donors (Lipinski definition) is 2. The summed E-state index contributed by atoms with van der Waals surface area (Å²) in [5.41, 5.74) is 1.11. The number of hydrogen-bond acceptors (Lipinski definition) is 8. The fourth-order valence-corrected chi connectivity index (χ4v) is 4.63. The van der Waals surface area contributed by atoms with Crippen LogP contribution in [0.2, 0.25) is 10.0 Å². The van der Waals surface area contributed by atoms with Gasteiger partial charge in [-0.2, -0.15) is 0 Å². The lowest BCUT2D eigenvalue weighted by Gasteiger charge is -2.32. The Morgan fingerprint density at radius 3 is 2.54 bits per heavy atom. The molecule has 198 valence electrons. The first-order valence-electron chi connectivity index (χ1n) is 11.7. The van der Waals surface area contributed by atoms with Crippen molar-refractivity contribution in [2.75, 3.05) is 26.9 Å². The second-order valence-corrected chi connectivity index (χ2v) is 9.62. The molecular formula is C27H30Cl2N2O6. The Hall–Kier alpha value is -2.91. The molecule has 1 aromatic heterocycles. The summed E-state index contributed by atoms with van der Waals surface area (Å²) in [7, 11) is 1.26. The second kappa shape index (κ2) is 12.6. The zero-order valence-corrected chi connectivity index (χ0v) is 22.7. The maximum absolute atomic E-state index is 13.3. The lowest BCUT2D eigenvalue weighted by Crippen LogP contribution is -2.37. The van der Waals surface area contributed by atoms with E-state index in [-0.39, 0.29) is 47.4 Å². The van der Waals surface area contributed by atoms with Crippen LogP contribution in [-0.4, -0.2) is 54.6 Å². The lowest BCUT2D eigenvalue weighted by atomic mass is 9.80. The zero-order valence-electron chi connectivity index (χ0n) is 21.1. The summed E-state index contributed by atoms with van der Waals surface area (Å²) in [5, 5.41) is 14.4. The molecule has 0 aliphatic carbocycles. The van der Waals surface area contributed by atoms with Gasteiger partial charge in [-0.05, 0) is 44.5 Å². The van der Waals surface area contributed by atoms with Crippen molar-refractivity contribution in [2.45, 2.75) is 38.7 Å². The molecule has 3 rings (SSSR count). The van der Waals surface area contributed by atoms with Crippen molar-refractivity contribution < 1.29 is 28.9 Å². The minimum atomic E-state index is -1.22. The highest BCUT2D eigenvalue weighted by molar-refractivity contribution is 6.42. The Labute approximate surface area is 226 Å². The maximum Gasteiger partial charge on any atom is 0.336 e. The molecular weight excluding hydrogens is 519 g/mol. The quantitative estimate of drug-likeness (QED) is 0.422. The van der Waals surface area contributed by atoms with E-state index < -0.39 is 23.5 Å². The number of aromatic nitrogens is 1. The molecule has 1 aromatic carbocycles. The van der Waals surface area contributed by atoms with Crippen LogP contribution in [0.3, 0.4) is 0 Å². The van der Waals surface area contributed by atoms with E-state index in [1.807, 2.05) is 12.1 Å². The highest BCUT2D eigenvalue weighted by Gasteiger charge is 2.40. The molecule has 0 fully saturated rings. The number of esters is 2. The van der Waals surface area contributed by atoms with E-state index in [0.29, 0.717) is 17.0 Å². The van der Waals surface area contributed by atoms with Gasteiger partial charge >= 0.3 is 11.9 Å². The number of nitrogens with zero attached hydrogens (tertiary/aromatic N) is 1. The third kappa shape index (κ3) is 6.90. The summed E-state index contributed by atoms with van der Waals surface area (Å²) in [5.74, 6) is -2.21. The van der Waals surface area contributed by atoms with Gasteiger partial charge in [0, 0.05) is 24.0 Å². The number of aliphatic hydroxyl groups is 1. The van der Waals surface area contributed by atoms with E-state index in [4.69, 9.17) is 37.4 Å². The Morgan fingerprint density at radius 2 is 1.89 bits per heavy atom. The number of ether oxygens (including phenoxy) is 3. The first kappa shape index (κ1) is 28.7. The van der Waals surface area contributed by atoms with Crippen molar-refractivity contribution >= 4 is 35.1 Å². The zero-order chi connectivity index (χ0) is 27.2. The predicted octanol–water partition coefficient (Wildman–Crippen LogP) is 4.35. The third-order valence-corrected chi connectivity index (χ3v) is 6.62. The van der Waals surface area contributed by atoms with Crippen LogP contribution in [0.15, 0.2) is 65.1 Å². The predicted molar refractivity (Wildman–Crippen MR) is 140 cm³/mol. The summed E-state index contributed by atoms with van der Waals surface area (Å²) in [6.07, 6.45) is 1.93. The van der Waals surface area contributed by atoms with Gasteiger partial charge in [0.2, 0.25) is 0 Å². The summed E-state index contributed by atoms with van der Waals surface area (Å²) < 4.78 is 16.3. The molecule has 2 heterocycles. The van der Waals surface area contributed by atoms with Gasteiger partial charge in [0.15, 0.2) is 0 Å². The second-order valence-electron chi connectivity index (χ2n) is 8.83. The molecule has 37 heavy (non-hydrogen) atoms. The first-order chi connectivity index (χ1) is 17.6. The van der Waals surface area contributed by atoms with E-state index in [2.05, 4.69) is 10.3 Å². The van der Waals surface area contributed by atoms with Crippen molar-refractivity contribution in [3.05, 3.63) is 86.4 Å². The van der Waals surface area contributed by atoms with Crippen molar-refractivity contribution in [1.82, 2.24) is 10.3 Å². The van der Waals surface area contributed by atoms with Gasteiger partial charge in [0.05, 0.1) is 65.3 Å². The lowest BCUT2D eigenvalue weighted by molar-refractivity contribution is -0.139. The van der Waals surface area contributed by atoms with Crippen molar-refractivity contribution in [1.29, 1.82) is 0 Å². The van der Waals surface area contributed by atoms with Gasteiger partial charge in [-0.1, -0.05) is 41.4 Å². The van der Waals surface area contributed by atoms with Gasteiger partial charge in [-0.15, -0.1) is 0 Å². The van der Waals surface area contributed by atoms with E-state index in [1.54, 1.807) is 51.2 Å². The summed E-state index contributed by atoms with van der Waals surface area (Å²) in [6.45, 7) is 5.01. The number of pyridine rings is 1. The number of carbonyl (C=O) groups excluding carboxylic acids is 2. The van der Waals surface area contributed by atoms with Crippen LogP contribution in [0.1, 0.15) is 37.9 Å². The van der Waals surface area contributed by atoms with E-state index in [9.17, 15) is 14.7 Å². The number of dihydropyridines is 1. The number of methoxy groups -OCH3 is 1. The van der Waals surface area contributed by atoms with Crippen LogP contribution < -0.4 is 5.32 Å². The largest absolute Gasteiger partial charge is 0.466 e. The molecule has 2 unspecified atom stereocenters. The highest BCUT2D eigenvalue weighted by atomic mass is 35.5. The number of allylic oxidation sites excluding steroid dienone is 1. The van der Waals surface area contributed by atoms with E-state index >= 15 is 0 Å². The highest BCUT2D eigenvalue weighted by Crippen LogP contribution is 2.43. The molecule has 0 radical (unpaired) electrons. The Morgan fingerprint density at radius 1 is 1.14 bits per heavy atom. The third-order valence-electron chi connectivity index (χ3n) is 5.79. The van der Waals surface area contributed by atoms with Crippen LogP contribution in [0.4, 0.5) is 0 Å². The molecule has 10 heteroatoms. The smallest absolute Gasteiger partial charge is 0.336 e. The molecule has 2 N–H and O–H groups in total. The maximum atomic E-state index is 13.3. The molecule has 1 aliphatic rings. The summed E-state index contributed by atoms with van der Waals surface area (Å²) in [6, 6.07) is 10.5. The van der Waals surface area contributed by atoms with Crippen molar-refractivity contribution in [3.8, 4) is 0 Å². The Balaban J connectivity index is 1.99. The molecule has 0 saturated carbocycles. The molecule has 0 bridgehead atoms.